The summed E-state index contributed by atoms with van der Waals surface area (Å²) in [6.07, 6.45) is 0. The van der Waals surface area contributed by atoms with Gasteiger partial charge in [-0.15, -0.1) is 0 Å². The molecule has 5 nitrogen and oxygen atoms in total. The topological polar surface area (TPSA) is 44.8 Å². The van der Waals surface area contributed by atoms with E-state index in [-0.39, 0.29) is 5.91 Å². The number of nitrogens with zero attached hydrogens (tertiary/aromatic N) is 2. The molecular formula is C26H29N3O2. The predicted octanol–water partition coefficient (Wildman–Crippen LogP) is 4.02. The van der Waals surface area contributed by atoms with Gasteiger partial charge in [-0.3, -0.25) is 14.6 Å². The first kappa shape index (κ1) is 21.1. The summed E-state index contributed by atoms with van der Waals surface area (Å²) in [5.74, 6) is 0.811. The first-order chi connectivity index (χ1) is 15.2. The molecule has 0 aliphatic carbocycles. The lowest BCUT2D eigenvalue weighted by Crippen LogP contribution is -2.48. The van der Waals surface area contributed by atoms with Crippen molar-refractivity contribution in [2.24, 2.45) is 0 Å². The maximum Gasteiger partial charge on any atom is 0.238 e. The molecule has 0 bridgehead atoms. The number of benzene rings is 3. The first-order valence-electron chi connectivity index (χ1n) is 10.8. The average Bonchev–Trinajstić information content (AvgIpc) is 2.81. The van der Waals surface area contributed by atoms with Crippen molar-refractivity contribution in [3.63, 3.8) is 0 Å². The molecule has 0 atom stereocenters. The number of anilines is 1. The minimum Gasteiger partial charge on any atom is -0.489 e. The SMILES string of the molecule is O=C(CN1CCN(Cc2ccccc2)CC1)Nc1ccc(OCc2ccccc2)cc1. The molecule has 0 saturated carbocycles. The number of carbonyl (C=O) groups is 1. The monoisotopic (exact) mass is 415 g/mol. The van der Waals surface area contributed by atoms with Crippen LogP contribution in [0.15, 0.2) is 84.9 Å². The Morgan fingerprint density at radius 1 is 0.742 bits per heavy atom. The lowest BCUT2D eigenvalue weighted by atomic mass is 10.2. The minimum atomic E-state index is 0.0227. The zero-order chi connectivity index (χ0) is 21.3. The summed E-state index contributed by atoms with van der Waals surface area (Å²) < 4.78 is 5.80. The third-order valence-corrected chi connectivity index (χ3v) is 5.47. The summed E-state index contributed by atoms with van der Waals surface area (Å²) in [6.45, 7) is 5.71. The minimum absolute atomic E-state index is 0.0227. The van der Waals surface area contributed by atoms with E-state index in [2.05, 4.69) is 39.4 Å². The van der Waals surface area contributed by atoms with E-state index in [1.165, 1.54) is 5.56 Å². The van der Waals surface area contributed by atoms with Crippen LogP contribution in [0.4, 0.5) is 5.69 Å². The standard InChI is InChI=1S/C26H29N3O2/c30-26(20-29-17-15-28(16-18-29)19-22-7-3-1-4-8-22)27-24-11-13-25(14-12-24)31-21-23-9-5-2-6-10-23/h1-14H,15-21H2,(H,27,30). The van der Waals surface area contributed by atoms with Gasteiger partial charge in [0.15, 0.2) is 0 Å². The number of carbonyl (C=O) groups excluding carboxylic acids is 1. The van der Waals surface area contributed by atoms with E-state index >= 15 is 0 Å². The predicted molar refractivity (Wildman–Crippen MR) is 124 cm³/mol. The molecule has 1 fully saturated rings. The van der Waals surface area contributed by atoms with Crippen LogP contribution in [0.3, 0.4) is 0 Å². The van der Waals surface area contributed by atoms with Crippen molar-refractivity contribution in [2.75, 3.05) is 38.0 Å². The molecule has 5 heteroatoms. The third kappa shape index (κ3) is 6.67. The summed E-state index contributed by atoms with van der Waals surface area (Å²) in [5.41, 5.74) is 3.26. The van der Waals surface area contributed by atoms with Gasteiger partial charge in [0.2, 0.25) is 5.91 Å². The molecule has 1 amide bonds. The summed E-state index contributed by atoms with van der Waals surface area (Å²) in [4.78, 5) is 17.1. The molecule has 0 unspecified atom stereocenters. The normalized spacial score (nSPS) is 14.8. The molecule has 160 valence electrons. The molecule has 31 heavy (non-hydrogen) atoms. The summed E-state index contributed by atoms with van der Waals surface area (Å²) in [6, 6.07) is 28.2. The van der Waals surface area contributed by atoms with Gasteiger partial charge < -0.3 is 10.1 Å². The number of nitrogens with one attached hydrogen (secondary N) is 1. The Balaban J connectivity index is 1.18. The smallest absolute Gasteiger partial charge is 0.238 e. The van der Waals surface area contributed by atoms with Crippen molar-refractivity contribution in [1.29, 1.82) is 0 Å². The van der Waals surface area contributed by atoms with Crippen molar-refractivity contribution in [2.45, 2.75) is 13.2 Å². The van der Waals surface area contributed by atoms with Crippen molar-refractivity contribution >= 4 is 11.6 Å². The largest absolute Gasteiger partial charge is 0.489 e. The van der Waals surface area contributed by atoms with E-state index < -0.39 is 0 Å². The lowest BCUT2D eigenvalue weighted by Gasteiger charge is -2.34. The Morgan fingerprint density at radius 2 is 1.32 bits per heavy atom. The van der Waals surface area contributed by atoms with Crippen molar-refractivity contribution in [3.05, 3.63) is 96.1 Å². The van der Waals surface area contributed by atoms with Gasteiger partial charge >= 0.3 is 0 Å². The van der Waals surface area contributed by atoms with Gasteiger partial charge in [0, 0.05) is 38.4 Å². The zero-order valence-electron chi connectivity index (χ0n) is 17.7. The van der Waals surface area contributed by atoms with Gasteiger partial charge in [0.1, 0.15) is 12.4 Å². The number of hydrogen-bond donors (Lipinski definition) is 1. The molecule has 4 rings (SSSR count). The summed E-state index contributed by atoms with van der Waals surface area (Å²) in [7, 11) is 0. The molecule has 1 heterocycles. The molecule has 3 aromatic rings. The van der Waals surface area contributed by atoms with Gasteiger partial charge in [0.25, 0.3) is 0 Å². The Bertz CT molecular complexity index is 937. The summed E-state index contributed by atoms with van der Waals surface area (Å²) in [5, 5.41) is 2.99. The second-order valence-electron chi connectivity index (χ2n) is 7.88. The van der Waals surface area contributed by atoms with Crippen LogP contribution in [0.1, 0.15) is 11.1 Å². The molecule has 1 N–H and O–H groups in total. The van der Waals surface area contributed by atoms with Gasteiger partial charge in [0.05, 0.1) is 6.54 Å². The third-order valence-electron chi connectivity index (χ3n) is 5.47. The number of piperazine rings is 1. The van der Waals surface area contributed by atoms with E-state index in [0.29, 0.717) is 13.2 Å². The van der Waals surface area contributed by atoms with Crippen LogP contribution < -0.4 is 10.1 Å². The number of amides is 1. The molecule has 3 aromatic carbocycles. The first-order valence-corrected chi connectivity index (χ1v) is 10.8. The maximum atomic E-state index is 12.5. The molecule has 1 aliphatic rings. The fraction of sp³-hybridized carbons (Fsp3) is 0.269. The van der Waals surface area contributed by atoms with Crippen LogP contribution in [0.25, 0.3) is 0 Å². The fourth-order valence-corrected chi connectivity index (χ4v) is 3.73. The van der Waals surface area contributed by atoms with Crippen molar-refractivity contribution < 1.29 is 9.53 Å². The van der Waals surface area contributed by atoms with E-state index in [1.54, 1.807) is 0 Å². The van der Waals surface area contributed by atoms with Crippen LogP contribution in [-0.2, 0) is 17.9 Å². The molecule has 0 aromatic heterocycles. The highest BCUT2D eigenvalue weighted by Gasteiger charge is 2.19. The van der Waals surface area contributed by atoms with Crippen molar-refractivity contribution in [1.82, 2.24) is 9.80 Å². The Labute approximate surface area is 184 Å². The number of rotatable bonds is 8. The summed E-state index contributed by atoms with van der Waals surface area (Å²) >= 11 is 0. The van der Waals surface area contributed by atoms with Crippen LogP contribution in [0.5, 0.6) is 5.75 Å². The Morgan fingerprint density at radius 3 is 1.97 bits per heavy atom. The highest BCUT2D eigenvalue weighted by molar-refractivity contribution is 5.92. The quantitative estimate of drug-likeness (QED) is 0.604. The van der Waals surface area contributed by atoms with Crippen LogP contribution in [-0.4, -0.2) is 48.4 Å². The van der Waals surface area contributed by atoms with Gasteiger partial charge in [-0.25, -0.2) is 0 Å². The van der Waals surface area contributed by atoms with E-state index in [4.69, 9.17) is 4.74 Å². The van der Waals surface area contributed by atoms with Gasteiger partial charge in [-0.1, -0.05) is 60.7 Å². The number of hydrogen-bond acceptors (Lipinski definition) is 4. The fourth-order valence-electron chi connectivity index (χ4n) is 3.73. The van der Waals surface area contributed by atoms with Crippen LogP contribution >= 0.6 is 0 Å². The number of ether oxygens (including phenoxy) is 1. The van der Waals surface area contributed by atoms with Crippen molar-refractivity contribution in [3.8, 4) is 5.75 Å². The maximum absolute atomic E-state index is 12.5. The second kappa shape index (κ2) is 10.8. The average molecular weight is 416 g/mol. The van der Waals surface area contributed by atoms with E-state index in [1.807, 2.05) is 60.7 Å². The van der Waals surface area contributed by atoms with Crippen LogP contribution in [0.2, 0.25) is 0 Å². The second-order valence-corrected chi connectivity index (χ2v) is 7.88. The highest BCUT2D eigenvalue weighted by Crippen LogP contribution is 2.17. The lowest BCUT2D eigenvalue weighted by molar-refractivity contribution is -0.117. The Kier molecular flexibility index (Phi) is 7.32. The Hall–Kier alpha value is -3.15. The highest BCUT2D eigenvalue weighted by atomic mass is 16.5. The van der Waals surface area contributed by atoms with E-state index in [9.17, 15) is 4.79 Å². The molecular weight excluding hydrogens is 386 g/mol. The van der Waals surface area contributed by atoms with E-state index in [0.717, 1.165) is 49.7 Å². The molecule has 1 saturated heterocycles. The zero-order valence-corrected chi connectivity index (χ0v) is 17.7. The molecule has 1 aliphatic heterocycles. The molecule has 0 radical (unpaired) electrons. The molecule has 0 spiro atoms. The van der Waals surface area contributed by atoms with Crippen LogP contribution in [0, 0.1) is 0 Å². The van der Waals surface area contributed by atoms with Gasteiger partial charge in [-0.05, 0) is 35.4 Å². The van der Waals surface area contributed by atoms with Gasteiger partial charge in [-0.2, -0.15) is 0 Å².